The molecule has 0 N–H and O–H groups in total. The van der Waals surface area contributed by atoms with Gasteiger partial charge in [-0.05, 0) is 23.6 Å². The minimum atomic E-state index is 0.563. The van der Waals surface area contributed by atoms with E-state index in [1.807, 2.05) is 26.1 Å². The fraction of sp³-hybridized carbons (Fsp3) is 0.357. The molecule has 0 aliphatic heterocycles. The first kappa shape index (κ1) is 11.7. The fourth-order valence-electron chi connectivity index (χ4n) is 1.62. The van der Waals surface area contributed by atoms with E-state index in [-0.39, 0.29) is 0 Å². The van der Waals surface area contributed by atoms with Crippen LogP contribution in [0.25, 0.3) is 10.9 Å². The van der Waals surface area contributed by atoms with Crippen molar-refractivity contribution in [2.24, 2.45) is 0 Å². The van der Waals surface area contributed by atoms with Gasteiger partial charge in [-0.3, -0.25) is 4.98 Å². The van der Waals surface area contributed by atoms with Gasteiger partial charge in [-0.2, -0.15) is 0 Å². The van der Waals surface area contributed by atoms with Crippen molar-refractivity contribution in [1.82, 2.24) is 4.98 Å². The van der Waals surface area contributed by atoms with E-state index in [9.17, 15) is 0 Å². The lowest BCUT2D eigenvalue weighted by atomic mass is 9.99. The van der Waals surface area contributed by atoms with Gasteiger partial charge in [0.2, 0.25) is 0 Å². The van der Waals surface area contributed by atoms with Crippen LogP contribution >= 0.6 is 0 Å². The summed E-state index contributed by atoms with van der Waals surface area (Å²) in [5.41, 5.74) is 2.47. The van der Waals surface area contributed by atoms with Crippen LogP contribution in [0.4, 0.5) is 0 Å². The second kappa shape index (κ2) is 5.50. The van der Waals surface area contributed by atoms with Crippen molar-refractivity contribution in [3.8, 4) is 0 Å². The molecule has 1 aromatic heterocycles. The van der Waals surface area contributed by atoms with Crippen LogP contribution in [-0.4, -0.2) is 4.98 Å². The van der Waals surface area contributed by atoms with E-state index in [0.29, 0.717) is 5.92 Å². The molecule has 0 saturated carbocycles. The molecule has 0 amide bonds. The van der Waals surface area contributed by atoms with E-state index < -0.39 is 0 Å². The number of hydrogen-bond donors (Lipinski definition) is 0. The predicted octanol–water partition coefficient (Wildman–Crippen LogP) is 4.38. The maximum atomic E-state index is 4.32. The minimum Gasteiger partial charge on any atom is -0.256 e. The van der Waals surface area contributed by atoms with E-state index in [2.05, 4.69) is 43.1 Å². The van der Waals surface area contributed by atoms with Crippen molar-refractivity contribution in [2.75, 3.05) is 0 Å². The number of benzene rings is 1. The van der Waals surface area contributed by atoms with Crippen molar-refractivity contribution >= 4 is 10.9 Å². The summed E-state index contributed by atoms with van der Waals surface area (Å²) in [6.07, 6.45) is 1.89. The Balaban J connectivity index is 0.000000531. The molecule has 1 heteroatoms. The van der Waals surface area contributed by atoms with Gasteiger partial charge < -0.3 is 0 Å². The molecule has 0 unspecified atom stereocenters. The summed E-state index contributed by atoms with van der Waals surface area (Å²) in [4.78, 5) is 4.32. The van der Waals surface area contributed by atoms with Gasteiger partial charge in [-0.15, -0.1) is 0 Å². The third-order valence-electron chi connectivity index (χ3n) is 2.30. The highest BCUT2D eigenvalue weighted by Gasteiger charge is 2.03. The van der Waals surface area contributed by atoms with Crippen molar-refractivity contribution in [2.45, 2.75) is 33.6 Å². The van der Waals surface area contributed by atoms with Crippen LogP contribution in [0.1, 0.15) is 39.2 Å². The second-order valence-corrected chi connectivity index (χ2v) is 3.57. The first-order valence-corrected chi connectivity index (χ1v) is 5.62. The molecule has 0 aliphatic carbocycles. The van der Waals surface area contributed by atoms with Gasteiger partial charge in [0.25, 0.3) is 0 Å². The Morgan fingerprint density at radius 3 is 2.33 bits per heavy atom. The number of fused-ring (bicyclic) bond motifs is 1. The zero-order valence-electron chi connectivity index (χ0n) is 9.99. The molecule has 80 valence electrons. The third-order valence-corrected chi connectivity index (χ3v) is 2.30. The molecule has 0 bridgehead atoms. The van der Waals surface area contributed by atoms with Crippen LogP contribution in [0.15, 0.2) is 36.5 Å². The van der Waals surface area contributed by atoms with Crippen LogP contribution in [-0.2, 0) is 0 Å². The lowest BCUT2D eigenvalue weighted by Crippen LogP contribution is -1.90. The summed E-state index contributed by atoms with van der Waals surface area (Å²) < 4.78 is 0. The zero-order valence-corrected chi connectivity index (χ0v) is 9.99. The van der Waals surface area contributed by atoms with E-state index in [0.717, 1.165) is 5.52 Å². The van der Waals surface area contributed by atoms with Crippen LogP contribution in [0.3, 0.4) is 0 Å². The average Bonchev–Trinajstić information content (AvgIpc) is 2.31. The monoisotopic (exact) mass is 201 g/mol. The predicted molar refractivity (Wildman–Crippen MR) is 67.2 cm³/mol. The number of rotatable bonds is 1. The van der Waals surface area contributed by atoms with Gasteiger partial charge in [0.05, 0.1) is 5.52 Å². The molecule has 1 heterocycles. The Labute approximate surface area is 92.2 Å². The maximum Gasteiger partial charge on any atom is 0.0704 e. The summed E-state index contributed by atoms with van der Waals surface area (Å²) in [5, 5.41) is 1.28. The highest BCUT2D eigenvalue weighted by atomic mass is 14.6. The molecule has 15 heavy (non-hydrogen) atoms. The number of aromatic nitrogens is 1. The van der Waals surface area contributed by atoms with Crippen LogP contribution in [0.5, 0.6) is 0 Å². The normalized spacial score (nSPS) is 9.93. The number of para-hydroxylation sites is 1. The molecular weight excluding hydrogens is 182 g/mol. The maximum absolute atomic E-state index is 4.32. The topological polar surface area (TPSA) is 12.9 Å². The Kier molecular flexibility index (Phi) is 4.29. The molecule has 1 nitrogen and oxygen atoms in total. The van der Waals surface area contributed by atoms with Crippen molar-refractivity contribution in [3.63, 3.8) is 0 Å². The minimum absolute atomic E-state index is 0.563. The summed E-state index contributed by atoms with van der Waals surface area (Å²) in [7, 11) is 0. The Hall–Kier alpha value is -1.37. The van der Waals surface area contributed by atoms with Crippen molar-refractivity contribution in [1.29, 1.82) is 0 Å². The Morgan fingerprint density at radius 2 is 1.67 bits per heavy atom. The first-order chi connectivity index (χ1) is 7.29. The summed E-state index contributed by atoms with van der Waals surface area (Å²) in [6, 6.07) is 10.4. The van der Waals surface area contributed by atoms with Crippen LogP contribution in [0.2, 0.25) is 0 Å². The largest absolute Gasteiger partial charge is 0.256 e. The zero-order chi connectivity index (χ0) is 11.3. The van der Waals surface area contributed by atoms with Gasteiger partial charge in [0, 0.05) is 11.6 Å². The highest BCUT2D eigenvalue weighted by molar-refractivity contribution is 5.82. The first-order valence-electron chi connectivity index (χ1n) is 5.62. The molecule has 2 aromatic rings. The summed E-state index contributed by atoms with van der Waals surface area (Å²) >= 11 is 0. The van der Waals surface area contributed by atoms with Crippen LogP contribution in [0, 0.1) is 0 Å². The van der Waals surface area contributed by atoms with E-state index in [4.69, 9.17) is 0 Å². The lowest BCUT2D eigenvalue weighted by molar-refractivity contribution is 0.874. The Morgan fingerprint density at radius 1 is 1.00 bits per heavy atom. The van der Waals surface area contributed by atoms with Gasteiger partial charge in [0.1, 0.15) is 0 Å². The molecule has 0 spiro atoms. The second-order valence-electron chi connectivity index (χ2n) is 3.57. The van der Waals surface area contributed by atoms with Gasteiger partial charge in [-0.25, -0.2) is 0 Å². The average molecular weight is 201 g/mol. The molecular formula is C14H19N. The molecule has 0 radical (unpaired) electrons. The Bertz CT molecular complexity index is 413. The van der Waals surface area contributed by atoms with E-state index in [1.165, 1.54) is 10.9 Å². The van der Waals surface area contributed by atoms with E-state index in [1.54, 1.807) is 0 Å². The SMILES string of the molecule is CC.CC(C)c1ccnc2ccccc12. The lowest BCUT2D eigenvalue weighted by Gasteiger charge is -2.08. The standard InChI is InChI=1S/C12H13N.C2H6/c1-9(2)10-7-8-13-12-6-4-3-5-11(10)12;1-2/h3-9H,1-2H3;1-2H3. The quantitative estimate of drug-likeness (QED) is 0.667. The molecule has 1 aromatic carbocycles. The number of nitrogens with zero attached hydrogens (tertiary/aromatic N) is 1. The fourth-order valence-corrected chi connectivity index (χ4v) is 1.62. The molecule has 2 rings (SSSR count). The number of pyridine rings is 1. The molecule has 0 fully saturated rings. The van der Waals surface area contributed by atoms with Gasteiger partial charge >= 0.3 is 0 Å². The van der Waals surface area contributed by atoms with Crippen molar-refractivity contribution in [3.05, 3.63) is 42.1 Å². The smallest absolute Gasteiger partial charge is 0.0704 e. The molecule has 0 aliphatic rings. The summed E-state index contributed by atoms with van der Waals surface area (Å²) in [6.45, 7) is 8.42. The molecule has 0 atom stereocenters. The third kappa shape index (κ3) is 2.56. The van der Waals surface area contributed by atoms with Crippen LogP contribution < -0.4 is 0 Å². The van der Waals surface area contributed by atoms with Gasteiger partial charge in [0.15, 0.2) is 0 Å². The van der Waals surface area contributed by atoms with Crippen molar-refractivity contribution < 1.29 is 0 Å². The van der Waals surface area contributed by atoms with Gasteiger partial charge in [-0.1, -0.05) is 45.9 Å². The highest BCUT2D eigenvalue weighted by Crippen LogP contribution is 2.22. The van der Waals surface area contributed by atoms with E-state index >= 15 is 0 Å². The number of hydrogen-bond acceptors (Lipinski definition) is 1. The molecule has 0 saturated heterocycles. The summed E-state index contributed by atoms with van der Waals surface area (Å²) in [5.74, 6) is 0.563.